The van der Waals surface area contributed by atoms with E-state index in [-0.39, 0.29) is 24.3 Å². The molecule has 0 aromatic rings. The summed E-state index contributed by atoms with van der Waals surface area (Å²) < 4.78 is 5.11. The highest BCUT2D eigenvalue weighted by Crippen LogP contribution is 2.11. The summed E-state index contributed by atoms with van der Waals surface area (Å²) in [7, 11) is 0. The molecule has 0 aromatic carbocycles. The summed E-state index contributed by atoms with van der Waals surface area (Å²) in [5.74, 6) is -0.407. The summed E-state index contributed by atoms with van der Waals surface area (Å²) >= 11 is 0. The maximum absolute atomic E-state index is 11.7. The standard InChI is InChI=1S/C12H22N2O3/c1-12(2,3)17-10(15)8-14-11(16)9-4-6-13-7-5-9/h9,13H,4-8H2,1-3H3,(H,14,16). The zero-order valence-corrected chi connectivity index (χ0v) is 10.8. The lowest BCUT2D eigenvalue weighted by atomic mass is 9.97. The quantitative estimate of drug-likeness (QED) is 0.705. The van der Waals surface area contributed by atoms with E-state index in [9.17, 15) is 9.59 Å². The molecule has 1 heterocycles. The minimum atomic E-state index is -0.503. The highest BCUT2D eigenvalue weighted by Gasteiger charge is 2.22. The van der Waals surface area contributed by atoms with E-state index < -0.39 is 5.60 Å². The number of amides is 1. The number of nitrogens with one attached hydrogen (secondary N) is 2. The van der Waals surface area contributed by atoms with E-state index in [0.717, 1.165) is 25.9 Å². The molecule has 98 valence electrons. The molecular formula is C12H22N2O3. The van der Waals surface area contributed by atoms with Crippen LogP contribution in [0.3, 0.4) is 0 Å². The molecule has 0 radical (unpaired) electrons. The molecule has 1 rings (SSSR count). The van der Waals surface area contributed by atoms with Gasteiger partial charge in [-0.25, -0.2) is 0 Å². The fourth-order valence-corrected chi connectivity index (χ4v) is 1.77. The molecule has 0 aliphatic carbocycles. The van der Waals surface area contributed by atoms with Gasteiger partial charge in [0.1, 0.15) is 12.1 Å². The zero-order valence-electron chi connectivity index (χ0n) is 10.8. The zero-order chi connectivity index (χ0) is 12.9. The van der Waals surface area contributed by atoms with Crippen molar-refractivity contribution in [1.29, 1.82) is 0 Å². The van der Waals surface area contributed by atoms with Crippen molar-refractivity contribution in [3.63, 3.8) is 0 Å². The number of esters is 1. The molecule has 2 N–H and O–H groups in total. The number of hydrogen-bond donors (Lipinski definition) is 2. The number of hydrogen-bond acceptors (Lipinski definition) is 4. The third-order valence-electron chi connectivity index (χ3n) is 2.54. The van der Waals surface area contributed by atoms with Gasteiger partial charge in [0.15, 0.2) is 0 Å². The van der Waals surface area contributed by atoms with Gasteiger partial charge in [-0.05, 0) is 46.7 Å². The molecule has 1 fully saturated rings. The summed E-state index contributed by atoms with van der Waals surface area (Å²) in [5, 5.41) is 5.83. The number of piperidine rings is 1. The molecular weight excluding hydrogens is 220 g/mol. The SMILES string of the molecule is CC(C)(C)OC(=O)CNC(=O)C1CCNCC1. The van der Waals surface area contributed by atoms with Crippen molar-refractivity contribution < 1.29 is 14.3 Å². The van der Waals surface area contributed by atoms with Crippen LogP contribution in [0.1, 0.15) is 33.6 Å². The summed E-state index contributed by atoms with van der Waals surface area (Å²) in [4.78, 5) is 23.1. The molecule has 0 bridgehead atoms. The predicted octanol–water partition coefficient (Wildman–Crippen LogP) is 0.444. The van der Waals surface area contributed by atoms with Crippen LogP contribution in [-0.4, -0.2) is 37.1 Å². The number of rotatable bonds is 3. The van der Waals surface area contributed by atoms with Gasteiger partial charge < -0.3 is 15.4 Å². The predicted molar refractivity (Wildman–Crippen MR) is 64.4 cm³/mol. The smallest absolute Gasteiger partial charge is 0.325 e. The first-order valence-electron chi connectivity index (χ1n) is 6.09. The Morgan fingerprint density at radius 1 is 1.29 bits per heavy atom. The largest absolute Gasteiger partial charge is 0.459 e. The fourth-order valence-electron chi connectivity index (χ4n) is 1.77. The van der Waals surface area contributed by atoms with Crippen LogP contribution in [0.5, 0.6) is 0 Å². The molecule has 0 saturated carbocycles. The van der Waals surface area contributed by atoms with Crippen molar-refractivity contribution in [2.24, 2.45) is 5.92 Å². The van der Waals surface area contributed by atoms with Crippen LogP contribution < -0.4 is 10.6 Å². The average molecular weight is 242 g/mol. The Morgan fingerprint density at radius 3 is 2.41 bits per heavy atom. The number of carbonyl (C=O) groups excluding carboxylic acids is 2. The van der Waals surface area contributed by atoms with Crippen LogP contribution in [0.4, 0.5) is 0 Å². The van der Waals surface area contributed by atoms with Crippen molar-refractivity contribution in [1.82, 2.24) is 10.6 Å². The van der Waals surface area contributed by atoms with E-state index in [1.165, 1.54) is 0 Å². The van der Waals surface area contributed by atoms with Crippen LogP contribution in [0, 0.1) is 5.92 Å². The third kappa shape index (κ3) is 5.68. The Kier molecular flexibility index (Phi) is 4.93. The van der Waals surface area contributed by atoms with Gasteiger partial charge in [-0.2, -0.15) is 0 Å². The van der Waals surface area contributed by atoms with E-state index in [4.69, 9.17) is 4.74 Å². The Labute approximate surface area is 102 Å². The van der Waals surface area contributed by atoms with Crippen LogP contribution in [0.2, 0.25) is 0 Å². The molecule has 0 unspecified atom stereocenters. The summed E-state index contributed by atoms with van der Waals surface area (Å²) in [6.45, 7) is 7.10. The van der Waals surface area contributed by atoms with E-state index >= 15 is 0 Å². The van der Waals surface area contributed by atoms with Crippen molar-refractivity contribution in [2.75, 3.05) is 19.6 Å². The molecule has 1 amide bonds. The Hall–Kier alpha value is -1.10. The maximum Gasteiger partial charge on any atom is 0.325 e. The summed E-state index contributed by atoms with van der Waals surface area (Å²) in [6.07, 6.45) is 1.67. The van der Waals surface area contributed by atoms with Gasteiger partial charge >= 0.3 is 5.97 Å². The van der Waals surface area contributed by atoms with Crippen molar-refractivity contribution in [2.45, 2.75) is 39.2 Å². The molecule has 1 aliphatic rings. The Morgan fingerprint density at radius 2 is 1.88 bits per heavy atom. The van der Waals surface area contributed by atoms with Gasteiger partial charge in [-0.1, -0.05) is 0 Å². The number of carbonyl (C=O) groups is 2. The molecule has 0 atom stereocenters. The highest BCUT2D eigenvalue weighted by atomic mass is 16.6. The topological polar surface area (TPSA) is 67.4 Å². The summed E-state index contributed by atoms with van der Waals surface area (Å²) in [6, 6.07) is 0. The lowest BCUT2D eigenvalue weighted by Gasteiger charge is -2.22. The van der Waals surface area contributed by atoms with Gasteiger partial charge in [0.25, 0.3) is 0 Å². The van der Waals surface area contributed by atoms with Crippen molar-refractivity contribution in [3.8, 4) is 0 Å². The van der Waals surface area contributed by atoms with Crippen LogP contribution in [0.15, 0.2) is 0 Å². The van der Waals surface area contributed by atoms with E-state index in [2.05, 4.69) is 10.6 Å². The first-order valence-corrected chi connectivity index (χ1v) is 6.09. The molecule has 1 saturated heterocycles. The second-order valence-corrected chi connectivity index (χ2v) is 5.33. The Balaban J connectivity index is 2.25. The first-order chi connectivity index (χ1) is 7.88. The van der Waals surface area contributed by atoms with Crippen LogP contribution in [-0.2, 0) is 14.3 Å². The molecule has 1 aliphatic heterocycles. The van der Waals surface area contributed by atoms with Gasteiger partial charge in [0.05, 0.1) is 0 Å². The van der Waals surface area contributed by atoms with Crippen molar-refractivity contribution in [3.05, 3.63) is 0 Å². The average Bonchev–Trinajstić information content (AvgIpc) is 2.25. The van der Waals surface area contributed by atoms with Crippen LogP contribution in [0.25, 0.3) is 0 Å². The minimum absolute atomic E-state index is 0.0266. The van der Waals surface area contributed by atoms with Gasteiger partial charge in [-0.3, -0.25) is 9.59 Å². The second kappa shape index (κ2) is 6.00. The highest BCUT2D eigenvalue weighted by molar-refractivity contribution is 5.83. The molecule has 17 heavy (non-hydrogen) atoms. The second-order valence-electron chi connectivity index (χ2n) is 5.33. The fraction of sp³-hybridized carbons (Fsp3) is 0.833. The lowest BCUT2D eigenvalue weighted by Crippen LogP contribution is -2.41. The number of ether oxygens (including phenoxy) is 1. The Bertz CT molecular complexity index is 278. The van der Waals surface area contributed by atoms with E-state index in [1.54, 1.807) is 20.8 Å². The van der Waals surface area contributed by atoms with Gasteiger partial charge in [-0.15, -0.1) is 0 Å². The van der Waals surface area contributed by atoms with E-state index in [0.29, 0.717) is 0 Å². The summed E-state index contributed by atoms with van der Waals surface area (Å²) in [5.41, 5.74) is -0.503. The van der Waals surface area contributed by atoms with Gasteiger partial charge in [0, 0.05) is 5.92 Å². The molecule has 0 spiro atoms. The van der Waals surface area contributed by atoms with E-state index in [1.807, 2.05) is 0 Å². The van der Waals surface area contributed by atoms with Gasteiger partial charge in [0.2, 0.25) is 5.91 Å². The normalized spacial score (nSPS) is 17.6. The molecule has 5 nitrogen and oxygen atoms in total. The third-order valence-corrected chi connectivity index (χ3v) is 2.54. The van der Waals surface area contributed by atoms with Crippen LogP contribution >= 0.6 is 0 Å². The maximum atomic E-state index is 11.7. The minimum Gasteiger partial charge on any atom is -0.459 e. The van der Waals surface area contributed by atoms with Crippen molar-refractivity contribution >= 4 is 11.9 Å². The molecule has 0 aromatic heterocycles. The lowest BCUT2D eigenvalue weighted by molar-refractivity contribution is -0.154. The molecule has 5 heteroatoms. The first kappa shape index (κ1) is 14.0. The monoisotopic (exact) mass is 242 g/mol.